The smallest absolute Gasteiger partial charge is 0.308 e. The van der Waals surface area contributed by atoms with E-state index < -0.39 is 29.5 Å². The van der Waals surface area contributed by atoms with Crippen LogP contribution in [0.5, 0.6) is 0 Å². The van der Waals surface area contributed by atoms with Gasteiger partial charge in [0, 0.05) is 29.5 Å². The van der Waals surface area contributed by atoms with Crippen LogP contribution >= 0.6 is 0 Å². The minimum absolute atomic E-state index is 0.0857. The number of aromatic nitrogens is 4. The molecule has 2 saturated heterocycles. The fraction of sp³-hybridized carbons (Fsp3) is 0.742. The fourth-order valence-corrected chi connectivity index (χ4v) is 5.86. The molecule has 0 aliphatic carbocycles. The molecule has 0 unspecified atom stereocenters. The van der Waals surface area contributed by atoms with Gasteiger partial charge in [-0.25, -0.2) is 4.98 Å². The topological polar surface area (TPSA) is 170 Å². The standard InChI is InChI=1S/C31H48N7O7/c1-16(2)26(39)36-29-34-24(33-19-12-30(7,8)38(42)31(9,10)13-19)23-25(35-29)37(15-32-23)22-11-20(45-28(41)18(5)6)21(44-22)14-43-27(40)17(3)4/h15-22H,11-14H2,1-10H3,(H2,33,34,35,36,39)/t20-,21+,22+/m0/s1. The van der Waals surface area contributed by atoms with Gasteiger partial charge in [-0.1, -0.05) is 41.5 Å². The van der Waals surface area contributed by atoms with Gasteiger partial charge in [-0.05, 0) is 40.5 Å². The van der Waals surface area contributed by atoms with Crippen molar-refractivity contribution in [1.82, 2.24) is 24.6 Å². The van der Waals surface area contributed by atoms with Crippen LogP contribution in [0.4, 0.5) is 11.8 Å². The van der Waals surface area contributed by atoms with Crippen LogP contribution in [-0.2, 0) is 33.8 Å². The number of carbonyl (C=O) groups excluding carboxylic acids is 3. The van der Waals surface area contributed by atoms with Gasteiger partial charge in [0.05, 0.1) is 18.2 Å². The lowest BCUT2D eigenvalue weighted by atomic mass is 9.79. The van der Waals surface area contributed by atoms with Crippen molar-refractivity contribution in [3.63, 3.8) is 0 Å². The number of fused-ring (bicyclic) bond motifs is 1. The summed E-state index contributed by atoms with van der Waals surface area (Å²) in [6, 6.07) is -0.111. The summed E-state index contributed by atoms with van der Waals surface area (Å²) in [6.45, 7) is 18.1. The average Bonchev–Trinajstić information content (AvgIpc) is 3.53. The molecule has 2 aliphatic heterocycles. The molecule has 4 rings (SSSR count). The molecule has 45 heavy (non-hydrogen) atoms. The summed E-state index contributed by atoms with van der Waals surface area (Å²) in [7, 11) is 0. The minimum atomic E-state index is -0.709. The van der Waals surface area contributed by atoms with Gasteiger partial charge in [0.1, 0.15) is 25.0 Å². The zero-order valence-corrected chi connectivity index (χ0v) is 28.0. The van der Waals surface area contributed by atoms with Crippen molar-refractivity contribution in [3.8, 4) is 0 Å². The van der Waals surface area contributed by atoms with Gasteiger partial charge in [-0.15, -0.1) is 10.3 Å². The summed E-state index contributed by atoms with van der Waals surface area (Å²) >= 11 is 0. The number of esters is 2. The molecule has 249 valence electrons. The molecule has 0 spiro atoms. The number of piperidine rings is 1. The van der Waals surface area contributed by atoms with Crippen LogP contribution < -0.4 is 10.6 Å². The summed E-state index contributed by atoms with van der Waals surface area (Å²) in [6.07, 6.45) is 0.902. The van der Waals surface area contributed by atoms with E-state index in [9.17, 15) is 19.6 Å². The summed E-state index contributed by atoms with van der Waals surface area (Å²) < 4.78 is 19.2. The van der Waals surface area contributed by atoms with Gasteiger partial charge < -0.3 is 19.5 Å². The van der Waals surface area contributed by atoms with Crippen molar-refractivity contribution in [2.45, 2.75) is 124 Å². The van der Waals surface area contributed by atoms with E-state index in [4.69, 9.17) is 14.2 Å². The van der Waals surface area contributed by atoms with Gasteiger partial charge in [-0.3, -0.25) is 24.3 Å². The summed E-state index contributed by atoms with van der Waals surface area (Å²) in [5.41, 5.74) is -0.390. The highest BCUT2D eigenvalue weighted by molar-refractivity contribution is 5.92. The van der Waals surface area contributed by atoms with Gasteiger partial charge in [0.15, 0.2) is 17.0 Å². The number of anilines is 2. The number of amides is 1. The van der Waals surface area contributed by atoms with E-state index >= 15 is 0 Å². The number of hydrogen-bond donors (Lipinski definition) is 2. The molecule has 0 aromatic carbocycles. The molecule has 3 atom stereocenters. The molecular weight excluding hydrogens is 582 g/mol. The van der Waals surface area contributed by atoms with Crippen LogP contribution in [0.25, 0.3) is 11.2 Å². The molecule has 14 heteroatoms. The Hall–Kier alpha value is -3.36. The molecule has 1 amide bonds. The zero-order valence-electron chi connectivity index (χ0n) is 28.0. The number of hydroxylamine groups is 2. The largest absolute Gasteiger partial charge is 0.463 e. The maximum Gasteiger partial charge on any atom is 0.308 e. The molecule has 1 radical (unpaired) electrons. The third-order valence-corrected chi connectivity index (χ3v) is 8.20. The molecule has 0 saturated carbocycles. The monoisotopic (exact) mass is 630 g/mol. The molecule has 2 aromatic rings. The maximum atomic E-state index is 13.0. The van der Waals surface area contributed by atoms with Crippen molar-refractivity contribution < 1.29 is 33.8 Å². The lowest BCUT2D eigenvalue weighted by Gasteiger charge is -2.50. The summed E-state index contributed by atoms with van der Waals surface area (Å²) in [5.74, 6) is -1.50. The van der Waals surface area contributed by atoms with Crippen molar-refractivity contribution >= 4 is 40.8 Å². The quantitative estimate of drug-likeness (QED) is 0.360. The Kier molecular flexibility index (Phi) is 10.1. The molecule has 14 nitrogen and oxygen atoms in total. The Bertz CT molecular complexity index is 1390. The highest BCUT2D eigenvalue weighted by atomic mass is 16.6. The summed E-state index contributed by atoms with van der Waals surface area (Å²) in [4.78, 5) is 51.3. The molecule has 2 fully saturated rings. The third kappa shape index (κ3) is 7.72. The molecular formula is C31H48N7O7. The number of nitrogens with one attached hydrogen (secondary N) is 2. The second-order valence-corrected chi connectivity index (χ2v) is 14.3. The fourth-order valence-electron chi connectivity index (χ4n) is 5.86. The number of carbonyl (C=O) groups is 3. The van der Waals surface area contributed by atoms with E-state index in [0.717, 1.165) is 5.06 Å². The first kappa shape index (κ1) is 34.5. The number of rotatable bonds is 10. The lowest BCUT2D eigenvalue weighted by molar-refractivity contribution is -0.288. The van der Waals surface area contributed by atoms with Crippen LogP contribution in [0.15, 0.2) is 6.33 Å². The maximum absolute atomic E-state index is 13.0. The van der Waals surface area contributed by atoms with Crippen LogP contribution in [0, 0.1) is 17.8 Å². The van der Waals surface area contributed by atoms with E-state index in [2.05, 4.69) is 25.6 Å². The molecule has 2 aliphatic rings. The van der Waals surface area contributed by atoms with E-state index in [1.165, 1.54) is 0 Å². The van der Waals surface area contributed by atoms with Crippen molar-refractivity contribution in [1.29, 1.82) is 0 Å². The van der Waals surface area contributed by atoms with Crippen LogP contribution in [0.2, 0.25) is 0 Å². The number of nitrogens with zero attached hydrogens (tertiary/aromatic N) is 5. The number of imidazole rings is 1. The Balaban J connectivity index is 1.69. The van der Waals surface area contributed by atoms with E-state index in [1.807, 2.05) is 27.7 Å². The molecule has 2 aromatic heterocycles. The Morgan fingerprint density at radius 3 is 2.18 bits per heavy atom. The van der Waals surface area contributed by atoms with Gasteiger partial charge in [0.25, 0.3) is 0 Å². The van der Waals surface area contributed by atoms with Gasteiger partial charge >= 0.3 is 11.9 Å². The Morgan fingerprint density at radius 2 is 1.60 bits per heavy atom. The first-order chi connectivity index (χ1) is 20.9. The predicted molar refractivity (Wildman–Crippen MR) is 165 cm³/mol. The Morgan fingerprint density at radius 1 is 0.978 bits per heavy atom. The first-order valence-corrected chi connectivity index (χ1v) is 15.7. The Labute approximate surface area is 264 Å². The van der Waals surface area contributed by atoms with E-state index in [1.54, 1.807) is 52.4 Å². The molecule has 2 N–H and O–H groups in total. The normalized spacial score (nSPS) is 23.6. The van der Waals surface area contributed by atoms with E-state index in [0.29, 0.717) is 29.8 Å². The number of ether oxygens (including phenoxy) is 3. The van der Waals surface area contributed by atoms with Gasteiger partial charge in [0.2, 0.25) is 11.9 Å². The van der Waals surface area contributed by atoms with Crippen LogP contribution in [0.3, 0.4) is 0 Å². The van der Waals surface area contributed by atoms with Crippen molar-refractivity contribution in [2.24, 2.45) is 17.8 Å². The summed E-state index contributed by atoms with van der Waals surface area (Å²) in [5, 5.41) is 20.4. The van der Waals surface area contributed by atoms with E-state index in [-0.39, 0.29) is 60.6 Å². The van der Waals surface area contributed by atoms with Crippen LogP contribution in [-0.4, -0.2) is 78.4 Å². The molecule has 4 heterocycles. The first-order valence-electron chi connectivity index (χ1n) is 15.7. The average molecular weight is 631 g/mol. The third-order valence-electron chi connectivity index (χ3n) is 8.20. The zero-order chi connectivity index (χ0) is 33.4. The van der Waals surface area contributed by atoms with Gasteiger partial charge in [-0.2, -0.15) is 9.97 Å². The van der Waals surface area contributed by atoms with Crippen molar-refractivity contribution in [3.05, 3.63) is 6.33 Å². The van der Waals surface area contributed by atoms with Crippen LogP contribution in [0.1, 0.15) is 94.7 Å². The SMILES string of the molecule is CC(C)C(=O)Nc1nc(NC2CC(C)(C)N([O])C(C)(C)C2)c2ncn([C@H]3C[C@H](OC(=O)C(C)C)[C@@H](COC(=O)C(C)C)O3)c2n1. The van der Waals surface area contributed by atoms with Crippen molar-refractivity contribution in [2.75, 3.05) is 17.2 Å². The molecule has 0 bridgehead atoms. The number of hydrogen-bond acceptors (Lipinski definition) is 11. The minimum Gasteiger partial charge on any atom is -0.463 e. The second kappa shape index (κ2) is 13.2. The second-order valence-electron chi connectivity index (χ2n) is 14.3. The highest BCUT2D eigenvalue weighted by Gasteiger charge is 2.46. The highest BCUT2D eigenvalue weighted by Crippen LogP contribution is 2.39. The predicted octanol–water partition coefficient (Wildman–Crippen LogP) is 4.25. The lowest BCUT2D eigenvalue weighted by Crippen LogP contribution is -2.60.